The van der Waals surface area contributed by atoms with Crippen molar-refractivity contribution in [2.24, 2.45) is 0 Å². The largest absolute Gasteiger partial charge is 0.368 e. The van der Waals surface area contributed by atoms with E-state index in [1.807, 2.05) is 11.0 Å². The van der Waals surface area contributed by atoms with Crippen LogP contribution in [0.15, 0.2) is 28.8 Å². The van der Waals surface area contributed by atoms with Gasteiger partial charge in [-0.2, -0.15) is 4.98 Å². The lowest BCUT2D eigenvalue weighted by Crippen LogP contribution is -2.49. The summed E-state index contributed by atoms with van der Waals surface area (Å²) in [7, 11) is 0. The maximum Gasteiger partial charge on any atom is 0.255 e. The van der Waals surface area contributed by atoms with Crippen LogP contribution in [0.3, 0.4) is 0 Å². The lowest BCUT2D eigenvalue weighted by atomic mass is 10.1. The van der Waals surface area contributed by atoms with Gasteiger partial charge in [0.25, 0.3) is 5.89 Å². The first-order valence-corrected chi connectivity index (χ1v) is 9.17. The van der Waals surface area contributed by atoms with Gasteiger partial charge in [0.05, 0.1) is 13.1 Å². The molecule has 2 fully saturated rings. The fourth-order valence-corrected chi connectivity index (χ4v) is 3.53. The second kappa shape index (κ2) is 7.55. The van der Waals surface area contributed by atoms with Crippen LogP contribution in [0.5, 0.6) is 0 Å². The van der Waals surface area contributed by atoms with Crippen molar-refractivity contribution in [1.82, 2.24) is 19.9 Å². The highest BCUT2D eigenvalue weighted by atomic mass is 16.5. The van der Waals surface area contributed by atoms with Gasteiger partial charge in [0.2, 0.25) is 5.91 Å². The van der Waals surface area contributed by atoms with Gasteiger partial charge in [0.1, 0.15) is 6.10 Å². The first-order valence-electron chi connectivity index (χ1n) is 9.17. The molecule has 0 aliphatic carbocycles. The Morgan fingerprint density at radius 3 is 2.96 bits per heavy atom. The Hall–Kier alpha value is -2.25. The van der Waals surface area contributed by atoms with Crippen molar-refractivity contribution in [3.05, 3.63) is 47.1 Å². The lowest BCUT2D eigenvalue weighted by Gasteiger charge is -2.33. The highest BCUT2D eigenvalue weighted by Gasteiger charge is 2.27. The number of hydrogen-bond donors (Lipinski definition) is 0. The first-order chi connectivity index (χ1) is 12.7. The van der Waals surface area contributed by atoms with Gasteiger partial charge in [-0.15, -0.1) is 0 Å². The SMILES string of the molecule is Cc1cccc(CN2CCN(Cc3noc([C@H]4CCCO4)n3)CC2=O)c1. The van der Waals surface area contributed by atoms with Crippen molar-refractivity contribution >= 4 is 5.91 Å². The molecule has 4 rings (SSSR count). The van der Waals surface area contributed by atoms with Crippen LogP contribution >= 0.6 is 0 Å². The van der Waals surface area contributed by atoms with Gasteiger partial charge < -0.3 is 14.2 Å². The maximum atomic E-state index is 12.5. The van der Waals surface area contributed by atoms with Crippen LogP contribution in [0.1, 0.15) is 41.8 Å². The van der Waals surface area contributed by atoms with Crippen LogP contribution in [0, 0.1) is 6.92 Å². The topological polar surface area (TPSA) is 71.7 Å². The number of carbonyl (C=O) groups is 1. The summed E-state index contributed by atoms with van der Waals surface area (Å²) >= 11 is 0. The third-order valence-corrected chi connectivity index (χ3v) is 4.91. The van der Waals surface area contributed by atoms with E-state index < -0.39 is 0 Å². The minimum atomic E-state index is -0.0657. The van der Waals surface area contributed by atoms with E-state index in [2.05, 4.69) is 40.2 Å². The van der Waals surface area contributed by atoms with Crippen LogP contribution in [0.2, 0.25) is 0 Å². The van der Waals surface area contributed by atoms with Crippen molar-refractivity contribution in [3.63, 3.8) is 0 Å². The van der Waals surface area contributed by atoms with Crippen LogP contribution < -0.4 is 0 Å². The summed E-state index contributed by atoms with van der Waals surface area (Å²) < 4.78 is 10.9. The number of aryl methyl sites for hydroxylation is 1. The van der Waals surface area contributed by atoms with Gasteiger partial charge in [0.15, 0.2) is 5.82 Å². The monoisotopic (exact) mass is 356 g/mol. The summed E-state index contributed by atoms with van der Waals surface area (Å²) in [6.07, 6.45) is 1.89. The maximum absolute atomic E-state index is 12.5. The zero-order valence-corrected chi connectivity index (χ0v) is 15.1. The quantitative estimate of drug-likeness (QED) is 0.817. The van der Waals surface area contributed by atoms with Crippen LogP contribution in [0.4, 0.5) is 0 Å². The molecule has 138 valence electrons. The van der Waals surface area contributed by atoms with Crippen LogP contribution in [-0.4, -0.2) is 52.1 Å². The van der Waals surface area contributed by atoms with Gasteiger partial charge in [0, 0.05) is 26.2 Å². The molecule has 26 heavy (non-hydrogen) atoms. The number of rotatable bonds is 5. The Morgan fingerprint density at radius 1 is 1.27 bits per heavy atom. The number of piperazine rings is 1. The van der Waals surface area contributed by atoms with Gasteiger partial charge in [-0.25, -0.2) is 0 Å². The molecule has 1 amide bonds. The van der Waals surface area contributed by atoms with Gasteiger partial charge in [-0.1, -0.05) is 35.0 Å². The Labute approximate surface area is 152 Å². The molecule has 0 N–H and O–H groups in total. The van der Waals surface area contributed by atoms with Crippen molar-refractivity contribution in [3.8, 4) is 0 Å². The Balaban J connectivity index is 1.31. The van der Waals surface area contributed by atoms with E-state index in [4.69, 9.17) is 9.26 Å². The molecule has 0 bridgehead atoms. The minimum absolute atomic E-state index is 0.0657. The number of hydrogen-bond acceptors (Lipinski definition) is 6. The molecule has 1 aromatic carbocycles. The highest BCUT2D eigenvalue weighted by molar-refractivity contribution is 5.79. The molecule has 1 aromatic heterocycles. The molecule has 0 radical (unpaired) electrons. The zero-order valence-electron chi connectivity index (χ0n) is 15.1. The Kier molecular flexibility index (Phi) is 4.99. The lowest BCUT2D eigenvalue weighted by molar-refractivity contribution is -0.136. The van der Waals surface area contributed by atoms with E-state index in [0.717, 1.165) is 26.0 Å². The fraction of sp³-hybridized carbons (Fsp3) is 0.526. The predicted octanol–water partition coefficient (Wildman–Crippen LogP) is 2.07. The smallest absolute Gasteiger partial charge is 0.255 e. The molecule has 0 spiro atoms. The number of aromatic nitrogens is 2. The summed E-state index contributed by atoms with van der Waals surface area (Å²) in [5, 5.41) is 4.04. The molecular weight excluding hydrogens is 332 g/mol. The highest BCUT2D eigenvalue weighted by Crippen LogP contribution is 2.27. The molecule has 1 atom stereocenters. The summed E-state index contributed by atoms with van der Waals surface area (Å²) in [5.41, 5.74) is 2.39. The number of nitrogens with zero attached hydrogens (tertiary/aromatic N) is 4. The zero-order chi connectivity index (χ0) is 17.9. The van der Waals surface area contributed by atoms with Crippen molar-refractivity contribution in [2.75, 3.05) is 26.2 Å². The van der Waals surface area contributed by atoms with Gasteiger partial charge in [-0.05, 0) is 25.3 Å². The second-order valence-electron chi connectivity index (χ2n) is 7.07. The predicted molar refractivity (Wildman–Crippen MR) is 94.1 cm³/mol. The molecule has 3 heterocycles. The number of amides is 1. The molecule has 0 saturated carbocycles. The van der Waals surface area contributed by atoms with E-state index in [-0.39, 0.29) is 12.0 Å². The average Bonchev–Trinajstić information content (AvgIpc) is 3.29. The van der Waals surface area contributed by atoms with E-state index in [1.54, 1.807) is 0 Å². The second-order valence-corrected chi connectivity index (χ2v) is 7.07. The van der Waals surface area contributed by atoms with Crippen LogP contribution in [-0.2, 0) is 22.6 Å². The van der Waals surface area contributed by atoms with Crippen molar-refractivity contribution in [1.29, 1.82) is 0 Å². The third-order valence-electron chi connectivity index (χ3n) is 4.91. The summed E-state index contributed by atoms with van der Waals surface area (Å²) in [6.45, 7) is 5.92. The fourth-order valence-electron chi connectivity index (χ4n) is 3.53. The van der Waals surface area contributed by atoms with Crippen molar-refractivity contribution in [2.45, 2.75) is 39.0 Å². The number of carbonyl (C=O) groups excluding carboxylic acids is 1. The van der Waals surface area contributed by atoms with Gasteiger partial charge >= 0.3 is 0 Å². The molecule has 2 aliphatic rings. The van der Waals surface area contributed by atoms with E-state index in [9.17, 15) is 4.79 Å². The van der Waals surface area contributed by atoms with E-state index >= 15 is 0 Å². The van der Waals surface area contributed by atoms with E-state index in [1.165, 1.54) is 11.1 Å². The molecule has 2 aliphatic heterocycles. The standard InChI is InChI=1S/C19H24N4O3/c1-14-4-2-5-15(10-14)11-23-8-7-22(13-18(23)24)12-17-20-19(26-21-17)16-6-3-9-25-16/h2,4-5,10,16H,3,6-9,11-13H2,1H3/t16-/m1/s1. The summed E-state index contributed by atoms with van der Waals surface area (Å²) in [5.74, 6) is 1.32. The summed E-state index contributed by atoms with van der Waals surface area (Å²) in [6, 6.07) is 8.30. The molecule has 7 heteroatoms. The summed E-state index contributed by atoms with van der Waals surface area (Å²) in [4.78, 5) is 20.9. The molecule has 0 unspecified atom stereocenters. The number of ether oxygens (including phenoxy) is 1. The molecule has 7 nitrogen and oxygen atoms in total. The Bertz CT molecular complexity index is 770. The third kappa shape index (κ3) is 3.94. The van der Waals surface area contributed by atoms with E-state index in [0.29, 0.717) is 37.9 Å². The molecular formula is C19H24N4O3. The molecule has 2 saturated heterocycles. The van der Waals surface area contributed by atoms with Crippen LogP contribution in [0.25, 0.3) is 0 Å². The normalized spacial score (nSPS) is 21.5. The van der Waals surface area contributed by atoms with Crippen molar-refractivity contribution < 1.29 is 14.1 Å². The molecule has 2 aromatic rings. The Morgan fingerprint density at radius 2 is 2.19 bits per heavy atom. The first kappa shape index (κ1) is 17.2. The van der Waals surface area contributed by atoms with Gasteiger partial charge in [-0.3, -0.25) is 9.69 Å². The number of benzene rings is 1. The average molecular weight is 356 g/mol. The minimum Gasteiger partial charge on any atom is -0.368 e.